The molecule has 3 fully saturated rings. The zero-order valence-corrected chi connectivity index (χ0v) is 21.3. The van der Waals surface area contributed by atoms with Crippen LogP contribution in [0.5, 0.6) is 5.75 Å². The fourth-order valence-electron chi connectivity index (χ4n) is 5.05. The van der Waals surface area contributed by atoms with Gasteiger partial charge < -0.3 is 24.8 Å². The van der Waals surface area contributed by atoms with Crippen LogP contribution in [0, 0.1) is 5.82 Å². The van der Waals surface area contributed by atoms with Crippen LogP contribution in [-0.4, -0.2) is 71.9 Å². The molecule has 0 aliphatic carbocycles. The predicted octanol–water partition coefficient (Wildman–Crippen LogP) is 4.30. The monoisotopic (exact) mass is 539 g/mol. The largest absolute Gasteiger partial charge is 0.486 e. The van der Waals surface area contributed by atoms with Crippen molar-refractivity contribution in [2.75, 3.05) is 43.5 Å². The van der Waals surface area contributed by atoms with Gasteiger partial charge in [-0.2, -0.15) is 0 Å². The van der Waals surface area contributed by atoms with Crippen molar-refractivity contribution >= 4 is 45.6 Å². The number of anilines is 3. The highest BCUT2D eigenvalue weighted by Crippen LogP contribution is 2.35. The molecule has 2 N–H and O–H groups in total. The van der Waals surface area contributed by atoms with E-state index >= 15 is 0 Å². The van der Waals surface area contributed by atoms with E-state index < -0.39 is 5.82 Å². The van der Waals surface area contributed by atoms with Gasteiger partial charge in [0, 0.05) is 48.8 Å². The molecule has 6 rings (SSSR count). The summed E-state index contributed by atoms with van der Waals surface area (Å²) in [6, 6.07) is 8.31. The van der Waals surface area contributed by atoms with E-state index in [1.165, 1.54) is 18.5 Å². The summed E-state index contributed by atoms with van der Waals surface area (Å²) in [5.41, 5.74) is 1.67. The second-order valence-electron chi connectivity index (χ2n) is 9.64. The van der Waals surface area contributed by atoms with Crippen LogP contribution in [0.15, 0.2) is 48.8 Å². The van der Waals surface area contributed by atoms with Crippen molar-refractivity contribution in [2.24, 2.45) is 0 Å². The van der Waals surface area contributed by atoms with Gasteiger partial charge >= 0.3 is 0 Å². The number of aromatic nitrogens is 2. The molecule has 4 heterocycles. The first-order chi connectivity index (χ1) is 18.5. The van der Waals surface area contributed by atoms with Gasteiger partial charge in [-0.05, 0) is 30.7 Å². The molecule has 2 aromatic carbocycles. The quantitative estimate of drug-likeness (QED) is 0.409. The van der Waals surface area contributed by atoms with Crippen molar-refractivity contribution in [3.8, 4) is 5.75 Å². The molecule has 11 heteroatoms. The van der Waals surface area contributed by atoms with Crippen molar-refractivity contribution in [2.45, 2.75) is 31.1 Å². The Morgan fingerprint density at radius 1 is 1.26 bits per heavy atom. The zero-order chi connectivity index (χ0) is 26.1. The molecular formula is C27H27ClFN5O4. The number of fused-ring (bicyclic) bond motifs is 3. The van der Waals surface area contributed by atoms with E-state index in [1.54, 1.807) is 24.3 Å². The van der Waals surface area contributed by atoms with Crippen molar-refractivity contribution in [1.29, 1.82) is 0 Å². The van der Waals surface area contributed by atoms with Gasteiger partial charge in [-0.25, -0.2) is 14.4 Å². The van der Waals surface area contributed by atoms with Crippen LogP contribution in [-0.2, 0) is 14.3 Å². The number of halogens is 2. The maximum Gasteiger partial charge on any atom is 0.248 e. The molecule has 3 aromatic rings. The summed E-state index contributed by atoms with van der Waals surface area (Å²) in [6.07, 6.45) is 6.86. The Balaban J connectivity index is 1.25. The second-order valence-corrected chi connectivity index (χ2v) is 10.0. The topological polar surface area (TPSA) is 97.8 Å². The molecule has 9 nitrogen and oxygen atoms in total. The molecule has 0 spiro atoms. The van der Waals surface area contributed by atoms with Crippen molar-refractivity contribution in [3.05, 3.63) is 59.7 Å². The maximum absolute atomic E-state index is 13.6. The smallest absolute Gasteiger partial charge is 0.248 e. The van der Waals surface area contributed by atoms with Crippen LogP contribution in [0.25, 0.3) is 10.9 Å². The molecular weight excluding hydrogens is 513 g/mol. The van der Waals surface area contributed by atoms with Crippen LogP contribution < -0.4 is 15.4 Å². The Morgan fingerprint density at radius 3 is 2.95 bits per heavy atom. The first-order valence-electron chi connectivity index (χ1n) is 12.6. The Kier molecular flexibility index (Phi) is 7.12. The van der Waals surface area contributed by atoms with E-state index in [2.05, 4.69) is 25.5 Å². The number of likely N-dealkylation sites (tertiary alicyclic amines) is 1. The molecule has 198 valence electrons. The number of carbonyl (C=O) groups is 1. The van der Waals surface area contributed by atoms with Gasteiger partial charge in [0.05, 0.1) is 42.2 Å². The van der Waals surface area contributed by atoms with Gasteiger partial charge in [-0.1, -0.05) is 17.7 Å². The molecule has 3 aliphatic heterocycles. The minimum Gasteiger partial charge on any atom is -0.486 e. The molecule has 3 atom stereocenters. The summed E-state index contributed by atoms with van der Waals surface area (Å²) in [6.45, 7) is 3.46. The van der Waals surface area contributed by atoms with E-state index in [-0.39, 0.29) is 17.0 Å². The molecule has 3 aliphatic rings. The molecule has 1 amide bonds. The molecule has 3 saturated heterocycles. The second kappa shape index (κ2) is 10.8. The number of hydrogen-bond acceptors (Lipinski definition) is 8. The van der Waals surface area contributed by atoms with Crippen LogP contribution in [0.1, 0.15) is 12.8 Å². The van der Waals surface area contributed by atoms with Crippen LogP contribution in [0.3, 0.4) is 0 Å². The lowest BCUT2D eigenvalue weighted by molar-refractivity contribution is -0.111. The number of benzene rings is 2. The summed E-state index contributed by atoms with van der Waals surface area (Å²) in [5, 5.41) is 6.76. The molecule has 1 aromatic heterocycles. The van der Waals surface area contributed by atoms with Crippen LogP contribution in [0.4, 0.5) is 21.6 Å². The zero-order valence-electron chi connectivity index (χ0n) is 20.5. The van der Waals surface area contributed by atoms with Gasteiger partial charge in [-0.3, -0.25) is 9.69 Å². The number of hydrogen-bond donors (Lipinski definition) is 2. The first kappa shape index (κ1) is 25.0. The van der Waals surface area contributed by atoms with E-state index in [4.69, 9.17) is 25.8 Å². The highest BCUT2D eigenvalue weighted by atomic mass is 35.5. The molecule has 2 bridgehead atoms. The number of ether oxygens (including phenoxy) is 3. The summed E-state index contributed by atoms with van der Waals surface area (Å²) in [4.78, 5) is 24.0. The minimum atomic E-state index is -0.508. The van der Waals surface area contributed by atoms with Gasteiger partial charge in [0.25, 0.3) is 0 Å². The predicted molar refractivity (Wildman–Crippen MR) is 142 cm³/mol. The average molecular weight is 540 g/mol. The van der Waals surface area contributed by atoms with Crippen LogP contribution in [0.2, 0.25) is 5.02 Å². The first-order valence-corrected chi connectivity index (χ1v) is 13.0. The number of rotatable bonds is 8. The van der Waals surface area contributed by atoms with Crippen molar-refractivity contribution in [3.63, 3.8) is 0 Å². The van der Waals surface area contributed by atoms with E-state index in [0.717, 1.165) is 26.0 Å². The number of amides is 1. The van der Waals surface area contributed by atoms with Gasteiger partial charge in [0.2, 0.25) is 5.91 Å². The van der Waals surface area contributed by atoms with Crippen molar-refractivity contribution in [1.82, 2.24) is 14.9 Å². The van der Waals surface area contributed by atoms with Crippen LogP contribution >= 0.6 is 11.6 Å². The fourth-order valence-corrected chi connectivity index (χ4v) is 5.23. The molecule has 0 unspecified atom stereocenters. The third-order valence-electron chi connectivity index (χ3n) is 6.98. The highest BCUT2D eigenvalue weighted by Gasteiger charge is 2.38. The van der Waals surface area contributed by atoms with Gasteiger partial charge in [-0.15, -0.1) is 0 Å². The number of morpholine rings is 1. The molecule has 0 saturated carbocycles. The summed E-state index contributed by atoms with van der Waals surface area (Å²) in [5.74, 6) is 0.198. The van der Waals surface area contributed by atoms with E-state index in [9.17, 15) is 9.18 Å². The number of carbonyl (C=O) groups excluding carboxylic acids is 1. The summed E-state index contributed by atoms with van der Waals surface area (Å²) in [7, 11) is 0. The van der Waals surface area contributed by atoms with E-state index in [1.807, 2.05) is 6.08 Å². The Morgan fingerprint density at radius 2 is 2.18 bits per heavy atom. The molecule has 38 heavy (non-hydrogen) atoms. The summed E-state index contributed by atoms with van der Waals surface area (Å²) < 4.78 is 30.9. The fraction of sp³-hybridized carbons (Fsp3) is 0.370. The number of nitrogens with one attached hydrogen (secondary N) is 2. The summed E-state index contributed by atoms with van der Waals surface area (Å²) >= 11 is 5.95. The number of nitrogens with zero attached hydrogens (tertiary/aromatic N) is 3. The SMILES string of the molecule is O=C(/C=C/CN1C[C@@H]2C[C@@H]1CO2)Nc1cc2c(Nc3ccc(F)c(Cl)c3)ncnc2cc1O[C@H]1CCOC1. The van der Waals surface area contributed by atoms with Gasteiger partial charge in [0.1, 0.15) is 29.8 Å². The Bertz CT molecular complexity index is 1380. The normalized spacial score (nSPS) is 22.9. The Labute approximate surface area is 223 Å². The minimum absolute atomic E-state index is 0.00291. The highest BCUT2D eigenvalue weighted by molar-refractivity contribution is 6.31. The third-order valence-corrected chi connectivity index (χ3v) is 7.27. The van der Waals surface area contributed by atoms with Crippen molar-refractivity contribution < 1.29 is 23.4 Å². The Hall–Kier alpha value is -3.31. The third kappa shape index (κ3) is 5.44. The lowest BCUT2D eigenvalue weighted by Gasteiger charge is -2.25. The lowest BCUT2D eigenvalue weighted by atomic mass is 10.1. The van der Waals surface area contributed by atoms with Gasteiger partial charge in [0.15, 0.2) is 0 Å². The maximum atomic E-state index is 13.6. The van der Waals surface area contributed by atoms with E-state index in [0.29, 0.717) is 65.7 Å². The average Bonchev–Trinajstić information content (AvgIpc) is 3.66. The standard InChI is InChI=1S/C27H27ClFN5O4/c28-21-8-16(3-4-22(21)29)32-27-20-10-24(25(11-23(20)30-15-31-27)38-18-5-7-36-14-18)33-26(35)2-1-6-34-12-19-9-17(34)13-37-19/h1-4,8,10-11,15,17-19H,5-7,9,12-14H2,(H,33,35)(H,30,31,32)/b2-1+/t17-,18+,19+/m1/s1. The molecule has 0 radical (unpaired) electrons. The lowest BCUT2D eigenvalue weighted by Crippen LogP contribution is -2.36.